The van der Waals surface area contributed by atoms with Crippen LogP contribution in [0.1, 0.15) is 22.3 Å². The van der Waals surface area contributed by atoms with Crippen LogP contribution in [0.25, 0.3) is 0 Å². The van der Waals surface area contributed by atoms with E-state index in [1.807, 2.05) is 0 Å². The molecule has 0 radical (unpaired) electrons. The van der Waals surface area contributed by atoms with Crippen LogP contribution in [0.3, 0.4) is 0 Å². The molecule has 0 aromatic heterocycles. The number of alkyl halides is 21. The van der Waals surface area contributed by atoms with Gasteiger partial charge in [-0.1, -0.05) is 18.2 Å². The summed E-state index contributed by atoms with van der Waals surface area (Å²) in [6.07, 6.45) is -36.2. The van der Waals surface area contributed by atoms with Crippen molar-refractivity contribution < 1.29 is 130 Å². The summed E-state index contributed by atoms with van der Waals surface area (Å²) in [7, 11) is -24.3. The largest absolute Gasteiger partial charge is 0.461 e. The van der Waals surface area contributed by atoms with Gasteiger partial charge in [0.05, 0.1) is 22.3 Å². The highest BCUT2D eigenvalue weighted by Gasteiger charge is 2.75. The minimum absolute atomic E-state index is 0.295. The van der Waals surface area contributed by atoms with Crippen LogP contribution in [-0.4, -0.2) is 46.7 Å². The van der Waals surface area contributed by atoms with Crippen molar-refractivity contribution in [1.82, 2.24) is 0 Å². The molecule has 0 aliphatic heterocycles. The van der Waals surface area contributed by atoms with E-state index < -0.39 is 180 Å². The van der Waals surface area contributed by atoms with Crippen LogP contribution in [-0.2, 0) is 63.4 Å². The van der Waals surface area contributed by atoms with Gasteiger partial charge in [0.25, 0.3) is 0 Å². The van der Waals surface area contributed by atoms with Crippen molar-refractivity contribution in [2.45, 2.75) is 70.6 Å². The highest BCUT2D eigenvalue weighted by molar-refractivity contribution is 14.1. The average molecular weight is 1270 g/mol. The first-order valence-electron chi connectivity index (χ1n) is 18.2. The van der Waals surface area contributed by atoms with E-state index in [1.165, 1.54) is 0 Å². The lowest BCUT2D eigenvalue weighted by Gasteiger charge is -2.41. The summed E-state index contributed by atoms with van der Waals surface area (Å²) in [6, 6.07) is 5.46. The number of ether oxygens (including phenoxy) is 1. The van der Waals surface area contributed by atoms with E-state index in [9.17, 15) is 104 Å². The van der Waals surface area contributed by atoms with Gasteiger partial charge in [-0.15, -0.1) is 0 Å². The number of rotatable bonds is 16. The lowest BCUT2D eigenvalue weighted by molar-refractivity contribution is -0.438. The monoisotopic (exact) mass is 1270 g/mol. The molecule has 0 aliphatic carbocycles. The van der Waals surface area contributed by atoms with Crippen molar-refractivity contribution in [2.75, 3.05) is 0 Å². The number of hydrogen-bond donors (Lipinski definition) is 0. The van der Waals surface area contributed by atoms with E-state index in [1.54, 1.807) is 0 Å². The third-order valence-electron chi connectivity index (χ3n) is 8.93. The predicted octanol–water partition coefficient (Wildman–Crippen LogP) is 13.7. The molecule has 10 nitrogen and oxygen atoms in total. The summed E-state index contributed by atoms with van der Waals surface area (Å²) < 4.78 is 368. The maximum atomic E-state index is 15.6. The van der Waals surface area contributed by atoms with Crippen LogP contribution >= 0.6 is 32.9 Å². The molecule has 35 heteroatoms. The van der Waals surface area contributed by atoms with Crippen LogP contribution in [0, 0.1) is 0 Å². The van der Waals surface area contributed by atoms with Crippen LogP contribution in [0.5, 0.6) is 11.5 Å². The molecular formula is C38H19F20IO10S4. The summed E-state index contributed by atoms with van der Waals surface area (Å²) in [6.45, 7) is 0. The topological polar surface area (TPSA) is 139 Å². The Morgan fingerprint density at radius 1 is 0.370 bits per heavy atom. The fourth-order valence-corrected chi connectivity index (χ4v) is 12.8. The SMILES string of the molecule is O=S(=O)(Oc1ccc(S(OS(=O)(=O)C(F)(F)C(F)(F)OC(F)(F)C(F)(F)I)(c2ccccc2)c2ccc(OS(=O)(=O)c3cc(C(F)(F)F)cc(C(F)(F)F)c3)cc2)cc1)c1cc(C(F)(F)F)cc(C(F)(F)F)c1. The molecule has 0 saturated carbocycles. The third kappa shape index (κ3) is 12.6. The fourth-order valence-electron chi connectivity index (χ4n) is 5.60. The van der Waals surface area contributed by atoms with Gasteiger partial charge in [0.15, 0.2) is 0 Å². The molecule has 0 atom stereocenters. The molecule has 0 bridgehead atoms. The second-order valence-corrected chi connectivity index (χ2v) is 23.0. The second kappa shape index (κ2) is 19.4. The number of benzene rings is 5. The van der Waals surface area contributed by atoms with Crippen molar-refractivity contribution in [1.29, 1.82) is 0 Å². The quantitative estimate of drug-likeness (QED) is 0.0406. The second-order valence-electron chi connectivity index (χ2n) is 14.0. The molecular weight excluding hydrogens is 1250 g/mol. The summed E-state index contributed by atoms with van der Waals surface area (Å²) in [5.41, 5.74) is -8.63. The van der Waals surface area contributed by atoms with Crippen LogP contribution < -0.4 is 8.37 Å². The van der Waals surface area contributed by atoms with E-state index in [-0.39, 0.29) is 24.3 Å². The zero-order valence-electron chi connectivity index (χ0n) is 34.1. The van der Waals surface area contributed by atoms with Crippen LogP contribution in [0.2, 0.25) is 0 Å². The first kappa shape index (κ1) is 59.0. The maximum Gasteiger partial charge on any atom is 0.461 e. The Balaban J connectivity index is 1.72. The highest BCUT2D eigenvalue weighted by Crippen LogP contribution is 2.71. The van der Waals surface area contributed by atoms with Gasteiger partial charge >= 0.3 is 76.5 Å². The zero-order valence-corrected chi connectivity index (χ0v) is 39.5. The van der Waals surface area contributed by atoms with E-state index in [2.05, 4.69) is 13.1 Å². The molecule has 5 aromatic rings. The van der Waals surface area contributed by atoms with Gasteiger partial charge in [0.2, 0.25) is 0 Å². The first-order valence-corrected chi connectivity index (χ1v) is 25.1. The van der Waals surface area contributed by atoms with E-state index in [0.717, 1.165) is 30.3 Å². The van der Waals surface area contributed by atoms with Crippen molar-refractivity contribution in [3.8, 4) is 11.5 Å². The smallest absolute Gasteiger partial charge is 0.379 e. The number of hydrogen-bond acceptors (Lipinski definition) is 10. The molecule has 402 valence electrons. The maximum absolute atomic E-state index is 15.6. The van der Waals surface area contributed by atoms with Gasteiger partial charge in [0, 0.05) is 37.3 Å². The lowest BCUT2D eigenvalue weighted by Crippen LogP contribution is -2.55. The summed E-state index contributed by atoms with van der Waals surface area (Å²) in [5, 5.41) is -7.17. The molecule has 5 aromatic carbocycles. The minimum Gasteiger partial charge on any atom is -0.379 e. The predicted molar refractivity (Wildman–Crippen MR) is 215 cm³/mol. The van der Waals surface area contributed by atoms with Crippen molar-refractivity contribution in [3.05, 3.63) is 138 Å². The van der Waals surface area contributed by atoms with E-state index in [4.69, 9.17) is 3.63 Å². The van der Waals surface area contributed by atoms with Crippen molar-refractivity contribution >= 4 is 63.3 Å². The molecule has 0 fully saturated rings. The Bertz CT molecular complexity index is 2970. The molecule has 0 saturated heterocycles. The summed E-state index contributed by atoms with van der Waals surface area (Å²) >= 11 is -0.540. The normalized spacial score (nSPS) is 14.5. The average Bonchev–Trinajstić information content (AvgIpc) is 3.24. The molecule has 0 unspecified atom stereocenters. The molecule has 0 N–H and O–H groups in total. The molecule has 0 heterocycles. The molecule has 0 aliphatic rings. The van der Waals surface area contributed by atoms with Crippen molar-refractivity contribution in [2.24, 2.45) is 0 Å². The van der Waals surface area contributed by atoms with Crippen LogP contribution in [0.4, 0.5) is 87.8 Å². The molecule has 73 heavy (non-hydrogen) atoms. The van der Waals surface area contributed by atoms with Gasteiger partial charge in [-0.2, -0.15) is 113 Å². The molecule has 0 amide bonds. The van der Waals surface area contributed by atoms with Gasteiger partial charge in [-0.3, -0.25) is 0 Å². The van der Waals surface area contributed by atoms with E-state index >= 15 is 8.78 Å². The highest BCUT2D eigenvalue weighted by atomic mass is 127. The Kier molecular flexibility index (Phi) is 15.7. The Labute approximate surface area is 410 Å². The Hall–Kier alpha value is -4.85. The minimum atomic E-state index is -7.73. The molecule has 5 rings (SSSR count). The van der Waals surface area contributed by atoms with Crippen LogP contribution in [0.15, 0.2) is 140 Å². The lowest BCUT2D eigenvalue weighted by atomic mass is 10.1. The summed E-state index contributed by atoms with van der Waals surface area (Å²) in [5.74, 6) is -2.27. The first-order chi connectivity index (χ1) is 32.8. The van der Waals surface area contributed by atoms with Gasteiger partial charge < -0.3 is 8.37 Å². The van der Waals surface area contributed by atoms with Gasteiger partial charge in [-0.25, -0.2) is 8.37 Å². The van der Waals surface area contributed by atoms with E-state index in [0.29, 0.717) is 48.5 Å². The Morgan fingerprint density at radius 2 is 0.671 bits per heavy atom. The Morgan fingerprint density at radius 3 is 0.959 bits per heavy atom. The third-order valence-corrected chi connectivity index (χ3v) is 17.2. The standard InChI is InChI=1S/C38H19F20IO10S4/c39-31(40,41)20-14-21(32(42,43)44)17-29(16-20)71(60,61)66-24-6-10-27(11-7-24)70(26-4-2-1-3-5-26,69-73(64,65)38(57,58)37(55,56)68-36(53,54)35(51,52)59)28-12-8-25(9-13-28)67-72(62,63)30-18-22(33(45,46)47)15-23(19-30)34(48,49)50/h1-19H. The van der Waals surface area contributed by atoms with Gasteiger partial charge in [-0.05, 0) is 107 Å². The zero-order chi connectivity index (χ0) is 55.6. The molecule has 0 spiro atoms. The summed E-state index contributed by atoms with van der Waals surface area (Å²) in [4.78, 5) is -6.34. The van der Waals surface area contributed by atoms with Crippen molar-refractivity contribution in [3.63, 3.8) is 0 Å². The fraction of sp³-hybridized carbons (Fsp3) is 0.211. The number of halogens is 21. The van der Waals surface area contributed by atoms with Gasteiger partial charge in [0.1, 0.15) is 21.3 Å².